The van der Waals surface area contributed by atoms with Gasteiger partial charge in [-0.25, -0.2) is 8.78 Å². The summed E-state index contributed by atoms with van der Waals surface area (Å²) in [6, 6.07) is 4.03. The molecule has 0 aliphatic carbocycles. The molecule has 16 heavy (non-hydrogen) atoms. The molecule has 1 N–H and O–H groups in total. The van der Waals surface area contributed by atoms with E-state index in [4.69, 9.17) is 0 Å². The van der Waals surface area contributed by atoms with E-state index in [2.05, 4.69) is 12.2 Å². The summed E-state index contributed by atoms with van der Waals surface area (Å²) in [5, 5.41) is 3.26. The van der Waals surface area contributed by atoms with Crippen molar-refractivity contribution in [2.45, 2.75) is 32.6 Å². The molecule has 0 aromatic heterocycles. The molecule has 3 heteroatoms. The number of hydrogen-bond donors (Lipinski definition) is 1. The molecule has 1 rings (SSSR count). The summed E-state index contributed by atoms with van der Waals surface area (Å²) in [5.74, 6) is -0.858. The zero-order valence-corrected chi connectivity index (χ0v) is 9.73. The van der Waals surface area contributed by atoms with E-state index in [0.29, 0.717) is 6.42 Å². The number of nitrogens with one attached hydrogen (secondary N) is 1. The van der Waals surface area contributed by atoms with E-state index in [1.165, 1.54) is 18.2 Å². The Balaban J connectivity index is 2.26. The largest absolute Gasteiger partial charge is 0.317 e. The van der Waals surface area contributed by atoms with Crippen molar-refractivity contribution in [2.24, 2.45) is 0 Å². The van der Waals surface area contributed by atoms with Crippen molar-refractivity contribution >= 4 is 0 Å². The molecule has 0 heterocycles. The second-order valence-corrected chi connectivity index (χ2v) is 3.91. The number of halogens is 2. The molecule has 0 radical (unpaired) electrons. The van der Waals surface area contributed by atoms with Gasteiger partial charge in [-0.2, -0.15) is 0 Å². The van der Waals surface area contributed by atoms with Crippen LogP contribution in [0.2, 0.25) is 0 Å². The molecule has 0 spiro atoms. The molecule has 0 amide bonds. The van der Waals surface area contributed by atoms with Crippen molar-refractivity contribution in [2.75, 3.05) is 13.1 Å². The molecule has 0 aliphatic rings. The van der Waals surface area contributed by atoms with Crippen molar-refractivity contribution in [1.29, 1.82) is 0 Å². The molecule has 90 valence electrons. The zero-order valence-electron chi connectivity index (χ0n) is 9.73. The van der Waals surface area contributed by atoms with Crippen LogP contribution < -0.4 is 5.32 Å². The van der Waals surface area contributed by atoms with Crippen molar-refractivity contribution in [3.8, 4) is 0 Å². The first-order valence-corrected chi connectivity index (χ1v) is 5.89. The number of benzene rings is 1. The van der Waals surface area contributed by atoms with Gasteiger partial charge in [0.1, 0.15) is 11.6 Å². The van der Waals surface area contributed by atoms with Gasteiger partial charge in [-0.1, -0.05) is 13.0 Å². The maximum absolute atomic E-state index is 13.2. The van der Waals surface area contributed by atoms with Crippen molar-refractivity contribution in [3.05, 3.63) is 35.4 Å². The predicted molar refractivity (Wildman–Crippen MR) is 62.5 cm³/mol. The Kier molecular flexibility index (Phi) is 6.01. The van der Waals surface area contributed by atoms with Crippen molar-refractivity contribution in [3.63, 3.8) is 0 Å². The van der Waals surface area contributed by atoms with Crippen LogP contribution in [-0.2, 0) is 6.42 Å². The smallest absolute Gasteiger partial charge is 0.129 e. The SMILES string of the molecule is CCCNCCCCc1c(F)cccc1F. The standard InChI is InChI=1S/C13H19F2N/c1-2-9-16-10-4-3-6-11-12(14)7-5-8-13(11)15/h5,7-8,16H,2-4,6,9-10H2,1H3. The Morgan fingerprint density at radius 2 is 1.75 bits per heavy atom. The van der Waals surface area contributed by atoms with Gasteiger partial charge in [0.15, 0.2) is 0 Å². The summed E-state index contributed by atoms with van der Waals surface area (Å²) >= 11 is 0. The summed E-state index contributed by atoms with van der Waals surface area (Å²) in [5.41, 5.74) is 0.220. The van der Waals surface area contributed by atoms with Crippen LogP contribution >= 0.6 is 0 Å². The average molecular weight is 227 g/mol. The van der Waals surface area contributed by atoms with Crippen LogP contribution in [0.25, 0.3) is 0 Å². The third-order valence-electron chi connectivity index (χ3n) is 2.52. The summed E-state index contributed by atoms with van der Waals surface area (Å²) < 4.78 is 26.4. The highest BCUT2D eigenvalue weighted by Crippen LogP contribution is 2.14. The normalized spacial score (nSPS) is 10.7. The lowest BCUT2D eigenvalue weighted by molar-refractivity contribution is 0.541. The van der Waals surface area contributed by atoms with Crippen LogP contribution in [-0.4, -0.2) is 13.1 Å². The maximum atomic E-state index is 13.2. The van der Waals surface area contributed by atoms with E-state index >= 15 is 0 Å². The second-order valence-electron chi connectivity index (χ2n) is 3.91. The first kappa shape index (κ1) is 13.1. The topological polar surface area (TPSA) is 12.0 Å². The Labute approximate surface area is 95.9 Å². The van der Waals surface area contributed by atoms with E-state index in [0.717, 1.165) is 32.4 Å². The first-order valence-electron chi connectivity index (χ1n) is 5.89. The first-order chi connectivity index (χ1) is 7.75. The molecule has 0 fully saturated rings. The summed E-state index contributed by atoms with van der Waals surface area (Å²) in [4.78, 5) is 0. The van der Waals surface area contributed by atoms with Gasteiger partial charge in [-0.15, -0.1) is 0 Å². The quantitative estimate of drug-likeness (QED) is 0.705. The lowest BCUT2D eigenvalue weighted by atomic mass is 10.1. The molecule has 0 saturated heterocycles. The van der Waals surface area contributed by atoms with Crippen molar-refractivity contribution in [1.82, 2.24) is 5.32 Å². The molecule has 1 aromatic carbocycles. The number of hydrogen-bond acceptors (Lipinski definition) is 1. The van der Waals surface area contributed by atoms with Crippen LogP contribution in [0.1, 0.15) is 31.7 Å². The van der Waals surface area contributed by atoms with Gasteiger partial charge in [-0.3, -0.25) is 0 Å². The minimum Gasteiger partial charge on any atom is -0.317 e. The Morgan fingerprint density at radius 3 is 2.38 bits per heavy atom. The van der Waals surface area contributed by atoms with Gasteiger partial charge >= 0.3 is 0 Å². The molecule has 0 unspecified atom stereocenters. The van der Waals surface area contributed by atoms with E-state index in [-0.39, 0.29) is 5.56 Å². The third-order valence-corrected chi connectivity index (χ3v) is 2.52. The Hall–Kier alpha value is -0.960. The lowest BCUT2D eigenvalue weighted by Crippen LogP contribution is -2.16. The van der Waals surface area contributed by atoms with Crippen molar-refractivity contribution < 1.29 is 8.78 Å². The maximum Gasteiger partial charge on any atom is 0.129 e. The van der Waals surface area contributed by atoms with E-state index in [1.54, 1.807) is 0 Å². The summed E-state index contributed by atoms with van der Waals surface area (Å²) in [6.07, 6.45) is 3.36. The summed E-state index contributed by atoms with van der Waals surface area (Å²) in [7, 11) is 0. The number of rotatable bonds is 7. The molecule has 0 bridgehead atoms. The minimum atomic E-state index is -0.429. The van der Waals surface area contributed by atoms with Gasteiger partial charge < -0.3 is 5.32 Å². The molecule has 0 aliphatic heterocycles. The Morgan fingerprint density at radius 1 is 1.06 bits per heavy atom. The highest BCUT2D eigenvalue weighted by atomic mass is 19.1. The average Bonchev–Trinajstić information content (AvgIpc) is 2.26. The Bertz CT molecular complexity index is 293. The molecular weight excluding hydrogens is 208 g/mol. The van der Waals surface area contributed by atoms with E-state index < -0.39 is 11.6 Å². The summed E-state index contributed by atoms with van der Waals surface area (Å²) in [6.45, 7) is 4.04. The van der Waals surface area contributed by atoms with Gasteiger partial charge in [0, 0.05) is 5.56 Å². The van der Waals surface area contributed by atoms with Gasteiger partial charge in [0.05, 0.1) is 0 Å². The van der Waals surface area contributed by atoms with E-state index in [1.807, 2.05) is 0 Å². The predicted octanol–water partition coefficient (Wildman–Crippen LogP) is 3.29. The highest BCUT2D eigenvalue weighted by Gasteiger charge is 2.06. The number of unbranched alkanes of at least 4 members (excludes halogenated alkanes) is 1. The van der Waals surface area contributed by atoms with E-state index in [9.17, 15) is 8.78 Å². The van der Waals surface area contributed by atoms with Crippen LogP contribution in [0.4, 0.5) is 8.78 Å². The fourth-order valence-corrected chi connectivity index (χ4v) is 1.62. The van der Waals surface area contributed by atoms with Crippen LogP contribution in [0.15, 0.2) is 18.2 Å². The van der Waals surface area contributed by atoms with Gasteiger partial charge in [-0.05, 0) is 50.9 Å². The third kappa shape index (κ3) is 4.27. The molecular formula is C13H19F2N. The lowest BCUT2D eigenvalue weighted by Gasteiger charge is -2.05. The monoisotopic (exact) mass is 227 g/mol. The molecule has 1 aromatic rings. The van der Waals surface area contributed by atoms with Crippen LogP contribution in [0.3, 0.4) is 0 Å². The van der Waals surface area contributed by atoms with Gasteiger partial charge in [0.25, 0.3) is 0 Å². The van der Waals surface area contributed by atoms with Crippen LogP contribution in [0, 0.1) is 11.6 Å². The fourth-order valence-electron chi connectivity index (χ4n) is 1.62. The van der Waals surface area contributed by atoms with Gasteiger partial charge in [0.2, 0.25) is 0 Å². The highest BCUT2D eigenvalue weighted by molar-refractivity contribution is 5.19. The zero-order chi connectivity index (χ0) is 11.8. The van der Waals surface area contributed by atoms with Crippen LogP contribution in [0.5, 0.6) is 0 Å². The minimum absolute atomic E-state index is 0.220. The fraction of sp³-hybridized carbons (Fsp3) is 0.538. The molecule has 1 nitrogen and oxygen atoms in total. The molecule has 0 atom stereocenters. The second kappa shape index (κ2) is 7.34. The molecule has 0 saturated carbocycles.